The summed E-state index contributed by atoms with van der Waals surface area (Å²) < 4.78 is 5.40. The second-order valence-electron chi connectivity index (χ2n) is 3.74. The van der Waals surface area contributed by atoms with Crippen molar-refractivity contribution >= 4 is 5.91 Å². The first kappa shape index (κ1) is 8.97. The molecule has 1 amide bonds. The second kappa shape index (κ2) is 4.07. The smallest absolute Gasteiger partial charge is 0.225 e. The van der Waals surface area contributed by atoms with Crippen molar-refractivity contribution in [3.8, 4) is 0 Å². The van der Waals surface area contributed by atoms with Crippen LogP contribution in [0.2, 0.25) is 0 Å². The van der Waals surface area contributed by atoms with Crippen LogP contribution in [-0.2, 0) is 9.53 Å². The van der Waals surface area contributed by atoms with E-state index in [4.69, 9.17) is 4.74 Å². The Balaban J connectivity index is 1.63. The first-order valence-corrected chi connectivity index (χ1v) is 4.96. The van der Waals surface area contributed by atoms with Gasteiger partial charge in [-0.1, -0.05) is 0 Å². The van der Waals surface area contributed by atoms with E-state index in [1.807, 2.05) is 0 Å². The van der Waals surface area contributed by atoms with Crippen LogP contribution in [0.15, 0.2) is 0 Å². The fraction of sp³-hybridized carbons (Fsp3) is 0.889. The quantitative estimate of drug-likeness (QED) is 0.622. The zero-order valence-electron chi connectivity index (χ0n) is 7.71. The maximum Gasteiger partial charge on any atom is 0.225 e. The van der Waals surface area contributed by atoms with Crippen molar-refractivity contribution in [1.82, 2.24) is 10.6 Å². The molecule has 2 N–H and O–H groups in total. The number of carbonyl (C=O) groups is 1. The van der Waals surface area contributed by atoms with Gasteiger partial charge < -0.3 is 15.4 Å². The van der Waals surface area contributed by atoms with Crippen molar-refractivity contribution in [2.75, 3.05) is 26.2 Å². The topological polar surface area (TPSA) is 50.4 Å². The summed E-state index contributed by atoms with van der Waals surface area (Å²) in [5.74, 6) is 0.371. The molecule has 2 heterocycles. The van der Waals surface area contributed by atoms with Gasteiger partial charge in [-0.3, -0.25) is 4.79 Å². The molecule has 0 saturated carbocycles. The zero-order chi connectivity index (χ0) is 9.10. The van der Waals surface area contributed by atoms with E-state index >= 15 is 0 Å². The third-order valence-electron chi connectivity index (χ3n) is 2.68. The molecule has 2 aliphatic rings. The largest absolute Gasteiger partial charge is 0.376 e. The van der Waals surface area contributed by atoms with Crippen LogP contribution in [0.4, 0.5) is 0 Å². The molecular formula is C9H16N2O2. The van der Waals surface area contributed by atoms with Crippen LogP contribution in [0.5, 0.6) is 0 Å². The normalized spacial score (nSPS) is 28.5. The van der Waals surface area contributed by atoms with Crippen LogP contribution in [0.3, 0.4) is 0 Å². The van der Waals surface area contributed by atoms with Gasteiger partial charge in [-0.2, -0.15) is 0 Å². The Morgan fingerprint density at radius 1 is 1.54 bits per heavy atom. The van der Waals surface area contributed by atoms with Gasteiger partial charge in [0.05, 0.1) is 12.0 Å². The summed E-state index contributed by atoms with van der Waals surface area (Å²) in [4.78, 5) is 11.4. The molecule has 13 heavy (non-hydrogen) atoms. The van der Waals surface area contributed by atoms with Crippen molar-refractivity contribution < 1.29 is 9.53 Å². The van der Waals surface area contributed by atoms with Crippen LogP contribution in [-0.4, -0.2) is 38.3 Å². The number of amides is 1. The third kappa shape index (κ3) is 2.19. The molecule has 0 unspecified atom stereocenters. The monoisotopic (exact) mass is 184 g/mol. The molecule has 0 spiro atoms. The predicted octanol–water partition coefficient (Wildman–Crippen LogP) is -0.499. The average Bonchev–Trinajstić information content (AvgIpc) is 2.49. The van der Waals surface area contributed by atoms with Crippen LogP contribution in [0.1, 0.15) is 12.8 Å². The molecule has 1 atom stereocenters. The lowest BCUT2D eigenvalue weighted by Crippen LogP contribution is -2.51. The predicted molar refractivity (Wildman–Crippen MR) is 48.3 cm³/mol. The number of rotatable bonds is 3. The minimum absolute atomic E-state index is 0.175. The molecule has 0 aromatic rings. The molecule has 4 nitrogen and oxygen atoms in total. The average molecular weight is 184 g/mol. The summed E-state index contributed by atoms with van der Waals surface area (Å²) in [6.45, 7) is 3.20. The zero-order valence-corrected chi connectivity index (χ0v) is 7.71. The standard InChI is InChI=1S/C9H16N2O2/c12-9(7-4-10-5-7)11-6-8-2-1-3-13-8/h7-8,10H,1-6H2,(H,11,12)/t8-/m0/s1. The maximum absolute atomic E-state index is 11.4. The molecule has 0 radical (unpaired) electrons. The Kier molecular flexibility index (Phi) is 2.80. The summed E-state index contributed by atoms with van der Waals surface area (Å²) in [7, 11) is 0. The van der Waals surface area contributed by atoms with E-state index in [1.165, 1.54) is 0 Å². The highest BCUT2D eigenvalue weighted by Crippen LogP contribution is 2.11. The van der Waals surface area contributed by atoms with Crippen LogP contribution in [0.25, 0.3) is 0 Å². The first-order chi connectivity index (χ1) is 6.36. The fourth-order valence-corrected chi connectivity index (χ4v) is 1.64. The molecule has 0 aromatic heterocycles. The van der Waals surface area contributed by atoms with E-state index in [9.17, 15) is 4.79 Å². The van der Waals surface area contributed by atoms with Crippen LogP contribution >= 0.6 is 0 Å². The van der Waals surface area contributed by atoms with E-state index in [-0.39, 0.29) is 17.9 Å². The highest BCUT2D eigenvalue weighted by Gasteiger charge is 2.25. The summed E-state index contributed by atoms with van der Waals surface area (Å²) in [6.07, 6.45) is 2.48. The van der Waals surface area contributed by atoms with E-state index in [2.05, 4.69) is 10.6 Å². The summed E-state index contributed by atoms with van der Waals surface area (Å²) in [5.41, 5.74) is 0. The van der Waals surface area contributed by atoms with Gasteiger partial charge in [0.15, 0.2) is 0 Å². The number of nitrogens with one attached hydrogen (secondary N) is 2. The molecule has 2 saturated heterocycles. The van der Waals surface area contributed by atoms with Crippen LogP contribution in [0, 0.1) is 5.92 Å². The molecular weight excluding hydrogens is 168 g/mol. The van der Waals surface area contributed by atoms with Crippen molar-refractivity contribution in [2.45, 2.75) is 18.9 Å². The van der Waals surface area contributed by atoms with Crippen molar-refractivity contribution in [3.63, 3.8) is 0 Å². The molecule has 2 fully saturated rings. The summed E-state index contributed by atoms with van der Waals surface area (Å²) in [5, 5.41) is 6.00. The van der Waals surface area contributed by atoms with Gasteiger partial charge in [-0.05, 0) is 12.8 Å². The third-order valence-corrected chi connectivity index (χ3v) is 2.68. The Morgan fingerprint density at radius 3 is 2.92 bits per heavy atom. The van der Waals surface area contributed by atoms with Crippen molar-refractivity contribution in [1.29, 1.82) is 0 Å². The van der Waals surface area contributed by atoms with Gasteiger partial charge in [0.1, 0.15) is 0 Å². The summed E-state index contributed by atoms with van der Waals surface area (Å²) >= 11 is 0. The molecule has 2 aliphatic heterocycles. The van der Waals surface area contributed by atoms with E-state index in [0.717, 1.165) is 32.5 Å². The minimum atomic E-state index is 0.175. The van der Waals surface area contributed by atoms with E-state index in [1.54, 1.807) is 0 Å². The lowest BCUT2D eigenvalue weighted by Gasteiger charge is -2.26. The van der Waals surface area contributed by atoms with Crippen LogP contribution < -0.4 is 10.6 Å². The maximum atomic E-state index is 11.4. The fourth-order valence-electron chi connectivity index (χ4n) is 1.64. The van der Waals surface area contributed by atoms with Gasteiger partial charge in [-0.25, -0.2) is 0 Å². The Labute approximate surface area is 78.0 Å². The SMILES string of the molecule is O=C(NC[C@@H]1CCCO1)C1CNC1. The molecule has 2 rings (SSSR count). The Morgan fingerprint density at radius 2 is 2.38 bits per heavy atom. The highest BCUT2D eigenvalue weighted by atomic mass is 16.5. The van der Waals surface area contributed by atoms with Gasteiger partial charge in [0.2, 0.25) is 5.91 Å². The molecule has 4 heteroatoms. The lowest BCUT2D eigenvalue weighted by molar-refractivity contribution is -0.126. The number of ether oxygens (including phenoxy) is 1. The molecule has 0 aromatic carbocycles. The molecule has 0 aliphatic carbocycles. The Hall–Kier alpha value is -0.610. The van der Waals surface area contributed by atoms with Crippen molar-refractivity contribution in [2.24, 2.45) is 5.92 Å². The van der Waals surface area contributed by atoms with E-state index < -0.39 is 0 Å². The van der Waals surface area contributed by atoms with E-state index in [0.29, 0.717) is 6.54 Å². The molecule has 74 valence electrons. The number of carbonyl (C=O) groups excluding carboxylic acids is 1. The summed E-state index contributed by atoms with van der Waals surface area (Å²) in [6, 6.07) is 0. The number of hydrogen-bond acceptors (Lipinski definition) is 3. The highest BCUT2D eigenvalue weighted by molar-refractivity contribution is 5.80. The van der Waals surface area contributed by atoms with Gasteiger partial charge >= 0.3 is 0 Å². The molecule has 0 bridgehead atoms. The van der Waals surface area contributed by atoms with Crippen molar-refractivity contribution in [3.05, 3.63) is 0 Å². The number of hydrogen-bond donors (Lipinski definition) is 2. The van der Waals surface area contributed by atoms with Gasteiger partial charge in [-0.15, -0.1) is 0 Å². The lowest BCUT2D eigenvalue weighted by atomic mass is 10.0. The Bertz CT molecular complexity index is 186. The van der Waals surface area contributed by atoms with Gasteiger partial charge in [0, 0.05) is 26.2 Å². The minimum Gasteiger partial charge on any atom is -0.376 e. The first-order valence-electron chi connectivity index (χ1n) is 4.96. The second-order valence-corrected chi connectivity index (χ2v) is 3.74. The van der Waals surface area contributed by atoms with Gasteiger partial charge in [0.25, 0.3) is 0 Å².